The van der Waals surface area contributed by atoms with E-state index in [0.29, 0.717) is 5.41 Å². The zero-order valence-electron chi connectivity index (χ0n) is 11.9. The van der Waals surface area contributed by atoms with Crippen molar-refractivity contribution in [2.45, 2.75) is 45.1 Å². The first-order valence-electron chi connectivity index (χ1n) is 7.26. The molecule has 3 heteroatoms. The Morgan fingerprint density at radius 1 is 1.32 bits per heavy atom. The first-order valence-corrected chi connectivity index (χ1v) is 7.26. The Bertz CT molecular complexity index is 579. The van der Waals surface area contributed by atoms with Crippen LogP contribution in [0.25, 0.3) is 11.0 Å². The summed E-state index contributed by atoms with van der Waals surface area (Å²) in [5, 5.41) is 0. The van der Waals surface area contributed by atoms with Crippen LogP contribution in [0, 0.1) is 5.41 Å². The number of fused-ring (bicyclic) bond motifs is 1. The molecule has 3 nitrogen and oxygen atoms in total. The number of aromatic nitrogens is 2. The molecule has 1 aromatic carbocycles. The molecule has 1 aromatic heterocycles. The SMILES string of the molecule is Cn1c(CC(N)C2(C)CCCC2)nc2ccccc21. The molecular weight excluding hydrogens is 234 g/mol. The van der Waals surface area contributed by atoms with Crippen LogP contribution in [0.15, 0.2) is 24.3 Å². The molecule has 102 valence electrons. The lowest BCUT2D eigenvalue weighted by atomic mass is 9.79. The van der Waals surface area contributed by atoms with E-state index in [-0.39, 0.29) is 6.04 Å². The molecule has 1 saturated carbocycles. The van der Waals surface area contributed by atoms with Gasteiger partial charge in [0.2, 0.25) is 0 Å². The lowest BCUT2D eigenvalue weighted by Gasteiger charge is -2.30. The van der Waals surface area contributed by atoms with Crippen LogP contribution in [-0.2, 0) is 13.5 Å². The summed E-state index contributed by atoms with van der Waals surface area (Å²) in [7, 11) is 2.09. The fourth-order valence-electron chi connectivity index (χ4n) is 3.37. The van der Waals surface area contributed by atoms with E-state index in [4.69, 9.17) is 10.7 Å². The smallest absolute Gasteiger partial charge is 0.111 e. The van der Waals surface area contributed by atoms with Gasteiger partial charge in [0.1, 0.15) is 5.82 Å². The number of benzene rings is 1. The number of rotatable bonds is 3. The maximum Gasteiger partial charge on any atom is 0.111 e. The molecule has 1 aliphatic carbocycles. The quantitative estimate of drug-likeness (QED) is 0.918. The second-order valence-corrected chi connectivity index (χ2v) is 6.25. The monoisotopic (exact) mass is 257 g/mol. The number of hydrogen-bond acceptors (Lipinski definition) is 2. The molecular formula is C16H23N3. The van der Waals surface area contributed by atoms with Crippen LogP contribution >= 0.6 is 0 Å². The first-order chi connectivity index (χ1) is 9.10. The van der Waals surface area contributed by atoms with Crippen molar-refractivity contribution in [2.75, 3.05) is 0 Å². The van der Waals surface area contributed by atoms with Gasteiger partial charge in [-0.1, -0.05) is 31.9 Å². The zero-order valence-corrected chi connectivity index (χ0v) is 11.9. The number of imidazole rings is 1. The lowest BCUT2D eigenvalue weighted by molar-refractivity contribution is 0.257. The molecule has 19 heavy (non-hydrogen) atoms. The molecule has 0 bridgehead atoms. The predicted octanol–water partition coefficient (Wildman–Crippen LogP) is 3.02. The fraction of sp³-hybridized carbons (Fsp3) is 0.562. The number of aryl methyl sites for hydroxylation is 1. The summed E-state index contributed by atoms with van der Waals surface area (Å²) in [6.45, 7) is 2.34. The van der Waals surface area contributed by atoms with Gasteiger partial charge in [-0.25, -0.2) is 4.98 Å². The molecule has 0 radical (unpaired) electrons. The Hall–Kier alpha value is -1.35. The molecule has 2 N–H and O–H groups in total. The highest BCUT2D eigenvalue weighted by atomic mass is 15.1. The Kier molecular flexibility index (Phi) is 3.09. The lowest BCUT2D eigenvalue weighted by Crippen LogP contribution is -2.39. The van der Waals surface area contributed by atoms with E-state index in [9.17, 15) is 0 Å². The standard InChI is InChI=1S/C16H23N3/c1-16(9-5-6-10-16)14(17)11-15-18-12-7-3-4-8-13(12)19(15)2/h3-4,7-8,14H,5-6,9-11,17H2,1-2H3. The summed E-state index contributed by atoms with van der Waals surface area (Å²) < 4.78 is 2.19. The summed E-state index contributed by atoms with van der Waals surface area (Å²) >= 11 is 0. The normalized spacial score (nSPS) is 19.9. The van der Waals surface area contributed by atoms with Crippen molar-refractivity contribution in [1.29, 1.82) is 0 Å². The Morgan fingerprint density at radius 3 is 2.68 bits per heavy atom. The zero-order chi connectivity index (χ0) is 13.5. The Balaban J connectivity index is 1.87. The van der Waals surface area contributed by atoms with Crippen molar-refractivity contribution in [3.8, 4) is 0 Å². The van der Waals surface area contributed by atoms with Gasteiger partial charge in [0.05, 0.1) is 11.0 Å². The third kappa shape index (κ3) is 2.16. The minimum atomic E-state index is 0.213. The van der Waals surface area contributed by atoms with E-state index in [0.717, 1.165) is 17.8 Å². The van der Waals surface area contributed by atoms with Crippen LogP contribution in [0.3, 0.4) is 0 Å². The second kappa shape index (κ2) is 4.64. The van der Waals surface area contributed by atoms with Crippen molar-refractivity contribution in [3.05, 3.63) is 30.1 Å². The van der Waals surface area contributed by atoms with Gasteiger partial charge in [-0.2, -0.15) is 0 Å². The number of nitrogens with zero attached hydrogens (tertiary/aromatic N) is 2. The largest absolute Gasteiger partial charge is 0.331 e. The van der Waals surface area contributed by atoms with Crippen molar-refractivity contribution in [1.82, 2.24) is 9.55 Å². The van der Waals surface area contributed by atoms with Gasteiger partial charge >= 0.3 is 0 Å². The topological polar surface area (TPSA) is 43.8 Å². The van der Waals surface area contributed by atoms with Crippen molar-refractivity contribution in [2.24, 2.45) is 18.2 Å². The average molecular weight is 257 g/mol. The third-order valence-electron chi connectivity index (χ3n) is 4.92. The number of nitrogens with two attached hydrogens (primary N) is 1. The van der Waals surface area contributed by atoms with Crippen molar-refractivity contribution >= 4 is 11.0 Å². The third-order valence-corrected chi connectivity index (χ3v) is 4.92. The van der Waals surface area contributed by atoms with E-state index in [1.54, 1.807) is 0 Å². The molecule has 0 amide bonds. The Morgan fingerprint density at radius 2 is 2.00 bits per heavy atom. The average Bonchev–Trinajstić information content (AvgIpc) is 2.97. The Labute approximate surface area is 114 Å². The summed E-state index contributed by atoms with van der Waals surface area (Å²) in [6.07, 6.45) is 6.05. The van der Waals surface area contributed by atoms with Crippen molar-refractivity contribution in [3.63, 3.8) is 0 Å². The number of hydrogen-bond donors (Lipinski definition) is 1. The van der Waals surface area contributed by atoms with E-state index in [2.05, 4.69) is 36.7 Å². The molecule has 0 aliphatic heterocycles. The predicted molar refractivity (Wildman–Crippen MR) is 79.0 cm³/mol. The highest BCUT2D eigenvalue weighted by Crippen LogP contribution is 2.40. The van der Waals surface area contributed by atoms with Gasteiger partial charge in [-0.15, -0.1) is 0 Å². The molecule has 1 aliphatic rings. The van der Waals surface area contributed by atoms with Gasteiger partial charge in [0.15, 0.2) is 0 Å². The van der Waals surface area contributed by atoms with Crippen molar-refractivity contribution < 1.29 is 0 Å². The molecule has 3 rings (SSSR count). The highest BCUT2D eigenvalue weighted by Gasteiger charge is 2.35. The maximum absolute atomic E-state index is 6.48. The molecule has 1 fully saturated rings. The minimum absolute atomic E-state index is 0.213. The molecule has 1 atom stereocenters. The minimum Gasteiger partial charge on any atom is -0.331 e. The molecule has 2 aromatic rings. The summed E-state index contributed by atoms with van der Waals surface area (Å²) in [6, 6.07) is 8.50. The summed E-state index contributed by atoms with van der Waals surface area (Å²) in [5.41, 5.74) is 9.05. The van der Waals surface area contributed by atoms with Crippen LogP contribution in [0.4, 0.5) is 0 Å². The van der Waals surface area contributed by atoms with E-state index in [1.165, 1.54) is 31.2 Å². The van der Waals surface area contributed by atoms with E-state index >= 15 is 0 Å². The first kappa shape index (κ1) is 12.7. The molecule has 0 saturated heterocycles. The van der Waals surface area contributed by atoms with Crippen LogP contribution in [0.2, 0.25) is 0 Å². The fourth-order valence-corrected chi connectivity index (χ4v) is 3.37. The van der Waals surface area contributed by atoms with Gasteiger partial charge in [-0.05, 0) is 30.4 Å². The summed E-state index contributed by atoms with van der Waals surface area (Å²) in [4.78, 5) is 4.74. The maximum atomic E-state index is 6.48. The van der Waals surface area contributed by atoms with Gasteiger partial charge in [-0.3, -0.25) is 0 Å². The van der Waals surface area contributed by atoms with E-state index in [1.807, 2.05) is 6.07 Å². The number of para-hydroxylation sites is 2. The molecule has 1 heterocycles. The van der Waals surface area contributed by atoms with Crippen LogP contribution in [0.1, 0.15) is 38.4 Å². The second-order valence-electron chi connectivity index (χ2n) is 6.25. The highest BCUT2D eigenvalue weighted by molar-refractivity contribution is 5.75. The van der Waals surface area contributed by atoms with E-state index < -0.39 is 0 Å². The molecule has 0 spiro atoms. The van der Waals surface area contributed by atoms with Crippen LogP contribution < -0.4 is 5.73 Å². The van der Waals surface area contributed by atoms with Gasteiger partial charge < -0.3 is 10.3 Å². The van der Waals surface area contributed by atoms with Crippen LogP contribution in [0.5, 0.6) is 0 Å². The summed E-state index contributed by atoms with van der Waals surface area (Å²) in [5.74, 6) is 1.11. The van der Waals surface area contributed by atoms with Gasteiger partial charge in [0, 0.05) is 19.5 Å². The molecule has 1 unspecified atom stereocenters. The van der Waals surface area contributed by atoms with Gasteiger partial charge in [0.25, 0.3) is 0 Å². The van der Waals surface area contributed by atoms with Crippen LogP contribution in [-0.4, -0.2) is 15.6 Å².